The van der Waals surface area contributed by atoms with E-state index in [1.54, 1.807) is 28.9 Å². The van der Waals surface area contributed by atoms with Gasteiger partial charge in [-0.1, -0.05) is 24.8 Å². The third-order valence-corrected chi connectivity index (χ3v) is 6.63. The zero-order chi connectivity index (χ0) is 17.4. The number of fused-ring (bicyclic) bond motifs is 3. The van der Waals surface area contributed by atoms with E-state index in [0.29, 0.717) is 17.6 Å². The first-order valence-electron chi connectivity index (χ1n) is 8.04. The maximum absolute atomic E-state index is 13.1. The van der Waals surface area contributed by atoms with Crippen molar-refractivity contribution in [3.63, 3.8) is 0 Å². The van der Waals surface area contributed by atoms with Crippen LogP contribution in [0.5, 0.6) is 0 Å². The molecule has 5 nitrogen and oxygen atoms in total. The van der Waals surface area contributed by atoms with Crippen LogP contribution >= 0.6 is 23.1 Å². The third-order valence-electron chi connectivity index (χ3n) is 4.37. The van der Waals surface area contributed by atoms with Gasteiger partial charge in [0.15, 0.2) is 5.16 Å². The molecule has 2 aromatic heterocycles. The van der Waals surface area contributed by atoms with Crippen LogP contribution in [0.15, 0.2) is 22.6 Å². The molecule has 0 spiro atoms. The number of carbonyl (C=O) groups excluding carboxylic acids is 1. The first kappa shape index (κ1) is 17.2. The number of nitrogens with zero attached hydrogens (tertiary/aromatic N) is 2. The van der Waals surface area contributed by atoms with Gasteiger partial charge in [0.05, 0.1) is 10.6 Å². The summed E-state index contributed by atoms with van der Waals surface area (Å²) in [6, 6.07) is 0. The second-order valence-electron chi connectivity index (χ2n) is 6.29. The summed E-state index contributed by atoms with van der Waals surface area (Å²) in [5.41, 5.74) is 6.49. The van der Waals surface area contributed by atoms with Gasteiger partial charge in [-0.2, -0.15) is 0 Å². The minimum Gasteiger partial charge on any atom is -0.369 e. The van der Waals surface area contributed by atoms with Crippen LogP contribution in [0.2, 0.25) is 0 Å². The molecule has 2 aromatic rings. The minimum absolute atomic E-state index is 0.0360. The maximum atomic E-state index is 13.1. The summed E-state index contributed by atoms with van der Waals surface area (Å²) in [5, 5.41) is 0.838. The van der Waals surface area contributed by atoms with Crippen molar-refractivity contribution in [2.24, 2.45) is 11.7 Å². The van der Waals surface area contributed by atoms with E-state index in [9.17, 15) is 9.59 Å². The molecule has 0 unspecified atom stereocenters. The van der Waals surface area contributed by atoms with E-state index in [0.717, 1.165) is 29.5 Å². The molecule has 0 fully saturated rings. The lowest BCUT2D eigenvalue weighted by Crippen LogP contribution is -2.27. The van der Waals surface area contributed by atoms with Crippen molar-refractivity contribution in [3.8, 4) is 0 Å². The fourth-order valence-corrected chi connectivity index (χ4v) is 5.29. The van der Waals surface area contributed by atoms with Crippen molar-refractivity contribution >= 4 is 39.2 Å². The Bertz CT molecular complexity index is 869. The van der Waals surface area contributed by atoms with Crippen LogP contribution in [0.1, 0.15) is 30.7 Å². The summed E-state index contributed by atoms with van der Waals surface area (Å²) in [4.78, 5) is 31.2. The fourth-order valence-electron chi connectivity index (χ4n) is 3.00. The van der Waals surface area contributed by atoms with E-state index >= 15 is 0 Å². The summed E-state index contributed by atoms with van der Waals surface area (Å²) < 4.78 is 1.60. The number of aromatic nitrogens is 2. The average molecular weight is 364 g/mol. The molecule has 128 valence electrons. The summed E-state index contributed by atoms with van der Waals surface area (Å²) in [5.74, 6) is 0.225. The Labute approximate surface area is 149 Å². The van der Waals surface area contributed by atoms with Crippen LogP contribution in [-0.4, -0.2) is 20.7 Å². The molecule has 0 saturated carbocycles. The number of nitrogens with two attached hydrogens (primary N) is 1. The van der Waals surface area contributed by atoms with Crippen LogP contribution in [0, 0.1) is 5.92 Å². The quantitative estimate of drug-likeness (QED) is 0.503. The highest BCUT2D eigenvalue weighted by atomic mass is 32.2. The number of hydrogen-bond acceptors (Lipinski definition) is 5. The lowest BCUT2D eigenvalue weighted by atomic mass is 9.89. The predicted octanol–water partition coefficient (Wildman–Crippen LogP) is 2.73. The number of carbonyl (C=O) groups is 1. The predicted molar refractivity (Wildman–Crippen MR) is 99.8 cm³/mol. The average Bonchev–Trinajstić information content (AvgIpc) is 2.88. The molecule has 1 aliphatic rings. The maximum Gasteiger partial charge on any atom is 0.263 e. The zero-order valence-corrected chi connectivity index (χ0v) is 15.5. The van der Waals surface area contributed by atoms with Crippen LogP contribution in [-0.2, 0) is 24.2 Å². The van der Waals surface area contributed by atoms with Crippen LogP contribution in [0.25, 0.3) is 10.2 Å². The highest BCUT2D eigenvalue weighted by Gasteiger charge is 2.25. The van der Waals surface area contributed by atoms with E-state index in [4.69, 9.17) is 10.7 Å². The highest BCUT2D eigenvalue weighted by molar-refractivity contribution is 8.00. The summed E-state index contributed by atoms with van der Waals surface area (Å²) in [7, 11) is 0. The molecule has 2 N–H and O–H groups in total. The van der Waals surface area contributed by atoms with Crippen molar-refractivity contribution in [1.82, 2.24) is 9.55 Å². The van der Waals surface area contributed by atoms with Crippen molar-refractivity contribution < 1.29 is 4.79 Å². The SMILES string of the molecule is C=CCn1c(S[C@@H](C)C(N)=O)nc2sc3c(c2c1=O)CC[C@H](C)C3. The number of primary amides is 1. The van der Waals surface area contributed by atoms with Gasteiger partial charge in [-0.25, -0.2) is 4.98 Å². The monoisotopic (exact) mass is 363 g/mol. The van der Waals surface area contributed by atoms with Crippen LogP contribution in [0.3, 0.4) is 0 Å². The Morgan fingerprint density at radius 2 is 2.38 bits per heavy atom. The molecule has 2 heterocycles. The number of amides is 1. The molecule has 0 bridgehead atoms. The number of aryl methyl sites for hydroxylation is 1. The first-order chi connectivity index (χ1) is 11.4. The van der Waals surface area contributed by atoms with E-state index in [1.165, 1.54) is 22.2 Å². The van der Waals surface area contributed by atoms with E-state index < -0.39 is 11.2 Å². The van der Waals surface area contributed by atoms with Gasteiger partial charge in [-0.3, -0.25) is 14.2 Å². The van der Waals surface area contributed by atoms with Gasteiger partial charge in [-0.05, 0) is 37.7 Å². The summed E-state index contributed by atoms with van der Waals surface area (Å²) in [6.07, 6.45) is 4.73. The van der Waals surface area contributed by atoms with Gasteiger partial charge in [0.2, 0.25) is 5.91 Å². The number of thioether (sulfide) groups is 1. The molecule has 1 amide bonds. The Morgan fingerprint density at radius 3 is 3.04 bits per heavy atom. The van der Waals surface area contributed by atoms with Crippen molar-refractivity contribution in [2.45, 2.75) is 50.1 Å². The molecule has 1 aliphatic carbocycles. The molecule has 7 heteroatoms. The number of hydrogen-bond donors (Lipinski definition) is 1. The Hall–Kier alpha value is -1.60. The standard InChI is InChI=1S/C17H21N3O2S2/c1-4-7-20-16(22)13-11-6-5-9(2)8-12(11)24-15(13)19-17(20)23-10(3)14(18)21/h4,9-10H,1,5-8H2,2-3H3,(H2,18,21)/t9-,10-/m0/s1. The lowest BCUT2D eigenvalue weighted by molar-refractivity contribution is -0.117. The minimum atomic E-state index is -0.444. The number of rotatable bonds is 5. The van der Waals surface area contributed by atoms with Gasteiger partial charge in [0.25, 0.3) is 5.56 Å². The van der Waals surface area contributed by atoms with Crippen LogP contribution in [0.4, 0.5) is 0 Å². The molecule has 0 radical (unpaired) electrons. The Kier molecular flexibility index (Phi) is 4.83. The van der Waals surface area contributed by atoms with E-state index in [2.05, 4.69) is 13.5 Å². The van der Waals surface area contributed by atoms with Crippen molar-refractivity contribution in [1.29, 1.82) is 0 Å². The van der Waals surface area contributed by atoms with Gasteiger partial charge in [0.1, 0.15) is 4.83 Å². The molecule has 24 heavy (non-hydrogen) atoms. The highest BCUT2D eigenvalue weighted by Crippen LogP contribution is 2.36. The summed E-state index contributed by atoms with van der Waals surface area (Å²) >= 11 is 2.84. The first-order valence-corrected chi connectivity index (χ1v) is 9.74. The number of thiophene rings is 1. The Balaban J connectivity index is 2.18. The zero-order valence-electron chi connectivity index (χ0n) is 13.9. The fraction of sp³-hybridized carbons (Fsp3) is 0.471. The van der Waals surface area contributed by atoms with Gasteiger partial charge >= 0.3 is 0 Å². The largest absolute Gasteiger partial charge is 0.369 e. The molecular formula is C17H21N3O2S2. The molecular weight excluding hydrogens is 342 g/mol. The molecule has 0 aliphatic heterocycles. The second-order valence-corrected chi connectivity index (χ2v) is 8.68. The molecule has 2 atom stereocenters. The normalized spacial score (nSPS) is 18.3. The van der Waals surface area contributed by atoms with Crippen molar-refractivity contribution in [3.05, 3.63) is 33.4 Å². The van der Waals surface area contributed by atoms with Gasteiger partial charge < -0.3 is 5.73 Å². The molecule has 0 saturated heterocycles. The smallest absolute Gasteiger partial charge is 0.263 e. The third kappa shape index (κ3) is 3.02. The lowest BCUT2D eigenvalue weighted by Gasteiger charge is -2.17. The number of allylic oxidation sites excluding steroid dienone is 1. The van der Waals surface area contributed by atoms with E-state index in [1.807, 2.05) is 0 Å². The van der Waals surface area contributed by atoms with Gasteiger partial charge in [-0.15, -0.1) is 17.9 Å². The topological polar surface area (TPSA) is 78.0 Å². The van der Waals surface area contributed by atoms with E-state index in [-0.39, 0.29) is 5.56 Å². The van der Waals surface area contributed by atoms with Crippen molar-refractivity contribution in [2.75, 3.05) is 0 Å². The Morgan fingerprint density at radius 1 is 1.62 bits per heavy atom. The molecule has 0 aromatic carbocycles. The van der Waals surface area contributed by atoms with Crippen LogP contribution < -0.4 is 11.3 Å². The summed E-state index contributed by atoms with van der Waals surface area (Å²) in [6.45, 7) is 8.07. The van der Waals surface area contributed by atoms with Gasteiger partial charge in [0, 0.05) is 11.4 Å². The molecule has 3 rings (SSSR count). The second kappa shape index (κ2) is 6.72.